The van der Waals surface area contributed by atoms with Crippen molar-refractivity contribution in [3.8, 4) is 5.75 Å². The standard InChI is InChI=1S/C17H15NO4S/c1-21-13-8-10-18(11-9-13)14(17(20)22-2)16(23)15(19)12-6-4-3-5-7-12/h3-11H,1-2H3. The smallest absolute Gasteiger partial charge is 0.402 e. The Morgan fingerprint density at radius 3 is 2.13 bits per heavy atom. The molecule has 0 fully saturated rings. The molecule has 0 bridgehead atoms. The third kappa shape index (κ3) is 3.73. The van der Waals surface area contributed by atoms with Gasteiger partial charge in [0, 0.05) is 17.7 Å². The first-order valence-electron chi connectivity index (χ1n) is 6.73. The van der Waals surface area contributed by atoms with E-state index in [0.717, 1.165) is 0 Å². The summed E-state index contributed by atoms with van der Waals surface area (Å²) in [5.74, 6) is -0.482. The molecule has 0 aliphatic heterocycles. The van der Waals surface area contributed by atoms with E-state index in [9.17, 15) is 9.59 Å². The van der Waals surface area contributed by atoms with Gasteiger partial charge in [0.25, 0.3) is 5.70 Å². The van der Waals surface area contributed by atoms with E-state index in [1.807, 2.05) is 0 Å². The Labute approximate surface area is 139 Å². The lowest BCUT2D eigenvalue weighted by Gasteiger charge is -2.13. The quantitative estimate of drug-likeness (QED) is 0.275. The molecular formula is C17H15NO4S. The Kier molecular flexibility index (Phi) is 5.43. The number of carbonyl (C=O) groups excluding carboxylic acids is 2. The number of carbonyl (C=O) groups is 2. The van der Waals surface area contributed by atoms with Gasteiger partial charge in [-0.05, 0) is 4.91 Å². The van der Waals surface area contributed by atoms with Crippen molar-refractivity contribution >= 4 is 30.1 Å². The van der Waals surface area contributed by atoms with E-state index >= 15 is 0 Å². The Bertz CT molecular complexity index is 739. The van der Waals surface area contributed by atoms with Gasteiger partial charge in [-0.2, -0.15) is 4.57 Å². The summed E-state index contributed by atoms with van der Waals surface area (Å²) in [6, 6.07) is 11.8. The van der Waals surface area contributed by atoms with Crippen molar-refractivity contribution in [2.24, 2.45) is 0 Å². The molecule has 23 heavy (non-hydrogen) atoms. The van der Waals surface area contributed by atoms with Crippen LogP contribution in [0.5, 0.6) is 5.75 Å². The Morgan fingerprint density at radius 2 is 1.61 bits per heavy atom. The van der Waals surface area contributed by atoms with Gasteiger partial charge in [-0.15, -0.1) is 0 Å². The summed E-state index contributed by atoms with van der Waals surface area (Å²) in [5.41, 5.74) is 0.395. The number of allylic oxidation sites excluding steroid dienone is 1. The second-order valence-corrected chi connectivity index (χ2v) is 4.92. The molecule has 0 N–H and O–H groups in total. The first kappa shape index (κ1) is 16.6. The van der Waals surface area contributed by atoms with E-state index in [0.29, 0.717) is 11.3 Å². The highest BCUT2D eigenvalue weighted by Gasteiger charge is 2.24. The molecule has 2 aromatic rings. The average Bonchev–Trinajstić information content (AvgIpc) is 2.62. The highest BCUT2D eigenvalue weighted by molar-refractivity contribution is 7.65. The number of methoxy groups -OCH3 is 2. The maximum atomic E-state index is 12.5. The molecule has 0 aliphatic rings. The summed E-state index contributed by atoms with van der Waals surface area (Å²) < 4.78 is 11.3. The summed E-state index contributed by atoms with van der Waals surface area (Å²) in [6.07, 6.45) is 3.16. The molecule has 1 heterocycles. The van der Waals surface area contributed by atoms with Gasteiger partial charge in [0.2, 0.25) is 0 Å². The van der Waals surface area contributed by atoms with E-state index in [2.05, 4.69) is 0 Å². The number of hydrogen-bond donors (Lipinski definition) is 0. The van der Waals surface area contributed by atoms with Crippen molar-refractivity contribution in [2.45, 2.75) is 0 Å². The third-order valence-electron chi connectivity index (χ3n) is 3.13. The Hall–Kier alpha value is -2.73. The minimum Gasteiger partial charge on any atom is -0.769 e. The van der Waals surface area contributed by atoms with Crippen LogP contribution in [0.25, 0.3) is 5.70 Å². The van der Waals surface area contributed by atoms with Crippen LogP contribution in [0.3, 0.4) is 0 Å². The maximum Gasteiger partial charge on any atom is 0.402 e. The van der Waals surface area contributed by atoms with Crippen molar-refractivity contribution in [1.29, 1.82) is 0 Å². The third-order valence-corrected chi connectivity index (χ3v) is 3.51. The normalized spacial score (nSPS) is 11.4. The molecule has 1 aromatic heterocycles. The molecule has 2 rings (SSSR count). The van der Waals surface area contributed by atoms with Crippen LogP contribution in [0.4, 0.5) is 0 Å². The van der Waals surface area contributed by atoms with Crippen LogP contribution < -0.4 is 9.30 Å². The molecule has 0 radical (unpaired) electrons. The Morgan fingerprint density at radius 1 is 1.00 bits per heavy atom. The molecule has 0 atom stereocenters. The number of aromatic nitrogens is 1. The first-order valence-corrected chi connectivity index (χ1v) is 7.14. The van der Waals surface area contributed by atoms with Crippen molar-refractivity contribution in [2.75, 3.05) is 14.2 Å². The number of benzene rings is 1. The molecule has 0 spiro atoms. The average molecular weight is 329 g/mol. The van der Waals surface area contributed by atoms with Crippen LogP contribution in [-0.2, 0) is 22.2 Å². The highest BCUT2D eigenvalue weighted by Crippen LogP contribution is 2.14. The lowest BCUT2D eigenvalue weighted by Crippen LogP contribution is -2.38. The zero-order valence-electron chi connectivity index (χ0n) is 12.7. The number of ketones is 1. The fourth-order valence-electron chi connectivity index (χ4n) is 1.94. The van der Waals surface area contributed by atoms with Gasteiger partial charge in [-0.25, -0.2) is 4.79 Å². The SMILES string of the molecule is COC(=O)/C(=C(/[S-])C(=O)c1ccccc1)[n+]1ccc(OC)cc1. The van der Waals surface area contributed by atoms with Crippen molar-refractivity contribution in [1.82, 2.24) is 0 Å². The maximum absolute atomic E-state index is 12.5. The topological polar surface area (TPSA) is 56.5 Å². The van der Waals surface area contributed by atoms with Gasteiger partial charge < -0.3 is 22.1 Å². The summed E-state index contributed by atoms with van der Waals surface area (Å²) >= 11 is 5.23. The van der Waals surface area contributed by atoms with E-state index in [-0.39, 0.29) is 10.6 Å². The van der Waals surface area contributed by atoms with Gasteiger partial charge in [0.15, 0.2) is 18.2 Å². The molecule has 6 heteroatoms. The van der Waals surface area contributed by atoms with Gasteiger partial charge in [0.05, 0.1) is 14.2 Å². The van der Waals surface area contributed by atoms with Gasteiger partial charge in [-0.3, -0.25) is 4.79 Å². The number of esters is 1. The van der Waals surface area contributed by atoms with E-state index < -0.39 is 11.8 Å². The molecular weight excluding hydrogens is 314 g/mol. The summed E-state index contributed by atoms with van der Waals surface area (Å²) in [4.78, 5) is 24.5. The number of nitrogens with zero attached hydrogens (tertiary/aromatic N) is 1. The van der Waals surface area contributed by atoms with Crippen molar-refractivity contribution in [3.05, 3.63) is 65.3 Å². The van der Waals surface area contributed by atoms with Crippen LogP contribution >= 0.6 is 0 Å². The number of rotatable bonds is 5. The summed E-state index contributed by atoms with van der Waals surface area (Å²) in [6.45, 7) is 0. The van der Waals surface area contributed by atoms with E-state index in [4.69, 9.17) is 22.1 Å². The fourth-order valence-corrected chi connectivity index (χ4v) is 2.24. The lowest BCUT2D eigenvalue weighted by molar-refractivity contribution is -0.578. The number of pyridine rings is 1. The van der Waals surface area contributed by atoms with Crippen LogP contribution in [-0.4, -0.2) is 26.0 Å². The van der Waals surface area contributed by atoms with Crippen molar-refractivity contribution < 1.29 is 23.6 Å². The van der Waals surface area contributed by atoms with E-state index in [1.165, 1.54) is 18.8 Å². The largest absolute Gasteiger partial charge is 0.769 e. The molecule has 0 saturated heterocycles. The zero-order chi connectivity index (χ0) is 16.8. The highest BCUT2D eigenvalue weighted by atomic mass is 32.1. The molecule has 0 unspecified atom stereocenters. The molecule has 1 aromatic carbocycles. The second kappa shape index (κ2) is 7.51. The zero-order valence-corrected chi connectivity index (χ0v) is 13.5. The molecule has 0 amide bonds. The molecule has 5 nitrogen and oxygen atoms in total. The van der Waals surface area contributed by atoms with Gasteiger partial charge in [0.1, 0.15) is 5.75 Å². The predicted molar refractivity (Wildman–Crippen MR) is 86.6 cm³/mol. The van der Waals surface area contributed by atoms with Gasteiger partial charge >= 0.3 is 5.97 Å². The lowest BCUT2D eigenvalue weighted by atomic mass is 10.1. The first-order chi connectivity index (χ1) is 11.1. The van der Waals surface area contributed by atoms with E-state index in [1.54, 1.807) is 54.9 Å². The molecule has 118 valence electrons. The van der Waals surface area contributed by atoms with Crippen LogP contribution in [0.15, 0.2) is 59.8 Å². The summed E-state index contributed by atoms with van der Waals surface area (Å²) in [5, 5.41) is 0. The summed E-state index contributed by atoms with van der Waals surface area (Å²) in [7, 11) is 2.77. The van der Waals surface area contributed by atoms with Crippen LogP contribution in [0.1, 0.15) is 10.4 Å². The molecule has 0 saturated carbocycles. The minimum atomic E-state index is -0.686. The number of hydrogen-bond acceptors (Lipinski definition) is 5. The van der Waals surface area contributed by atoms with Crippen LogP contribution in [0.2, 0.25) is 0 Å². The minimum absolute atomic E-state index is 0.0148. The number of ether oxygens (including phenoxy) is 2. The second-order valence-electron chi connectivity index (χ2n) is 4.51. The number of Topliss-reactive ketones (excluding diaryl/α,β-unsaturated/α-hetero) is 1. The van der Waals surface area contributed by atoms with Gasteiger partial charge in [-0.1, -0.05) is 30.3 Å². The monoisotopic (exact) mass is 329 g/mol. The predicted octanol–water partition coefficient (Wildman–Crippen LogP) is 1.75. The fraction of sp³-hybridized carbons (Fsp3) is 0.118. The van der Waals surface area contributed by atoms with Crippen LogP contribution in [0, 0.1) is 0 Å². The Balaban J connectivity index is 2.51. The molecule has 0 aliphatic carbocycles. The van der Waals surface area contributed by atoms with Crippen molar-refractivity contribution in [3.63, 3.8) is 0 Å².